The molecule has 1 saturated carbocycles. The number of rotatable bonds is 5. The molecule has 0 radical (unpaired) electrons. The van der Waals surface area contributed by atoms with Crippen LogP contribution in [0.15, 0.2) is 0 Å². The van der Waals surface area contributed by atoms with Gasteiger partial charge in [-0.2, -0.15) is 0 Å². The van der Waals surface area contributed by atoms with Crippen molar-refractivity contribution in [2.24, 2.45) is 5.92 Å². The van der Waals surface area contributed by atoms with Gasteiger partial charge in [0.15, 0.2) is 0 Å². The third kappa shape index (κ3) is 3.55. The van der Waals surface area contributed by atoms with Crippen molar-refractivity contribution in [3.8, 4) is 0 Å². The minimum Gasteiger partial charge on any atom is -0.466 e. The molecule has 0 heterocycles. The topological polar surface area (TPSA) is 26.3 Å². The molecule has 1 aliphatic rings. The molecule has 0 aromatic carbocycles. The predicted molar refractivity (Wildman–Crippen MR) is 52.8 cm³/mol. The van der Waals surface area contributed by atoms with Gasteiger partial charge in [0, 0.05) is 11.8 Å². The Morgan fingerprint density at radius 2 is 2.31 bits per heavy atom. The average molecular weight is 205 g/mol. The second kappa shape index (κ2) is 5.48. The minimum atomic E-state index is -0.118. The quantitative estimate of drug-likeness (QED) is 0.509. The summed E-state index contributed by atoms with van der Waals surface area (Å²) in [7, 11) is 0. The Hall–Kier alpha value is -0.240. The Balaban J connectivity index is 2.06. The highest BCUT2D eigenvalue weighted by molar-refractivity contribution is 6.20. The van der Waals surface area contributed by atoms with E-state index in [-0.39, 0.29) is 11.3 Å². The van der Waals surface area contributed by atoms with Crippen LogP contribution in [0.5, 0.6) is 0 Å². The number of halogens is 1. The summed E-state index contributed by atoms with van der Waals surface area (Å²) in [5.41, 5.74) is 0. The van der Waals surface area contributed by atoms with Crippen LogP contribution < -0.4 is 0 Å². The fourth-order valence-corrected chi connectivity index (χ4v) is 1.89. The van der Waals surface area contributed by atoms with Gasteiger partial charge < -0.3 is 4.74 Å². The van der Waals surface area contributed by atoms with Gasteiger partial charge in [-0.3, -0.25) is 4.79 Å². The van der Waals surface area contributed by atoms with Crippen LogP contribution in [-0.2, 0) is 9.53 Å². The molecule has 76 valence electrons. The summed E-state index contributed by atoms with van der Waals surface area (Å²) in [5, 5.41) is 0.179. The first-order valence-corrected chi connectivity index (χ1v) is 5.47. The maximum atomic E-state index is 11.0. The van der Waals surface area contributed by atoms with Crippen LogP contribution in [0.2, 0.25) is 0 Å². The van der Waals surface area contributed by atoms with Crippen molar-refractivity contribution in [1.82, 2.24) is 0 Å². The molecule has 1 atom stereocenters. The molecule has 0 aromatic heterocycles. The summed E-state index contributed by atoms with van der Waals surface area (Å²) in [6.07, 6.45) is 5.00. The van der Waals surface area contributed by atoms with E-state index in [1.165, 1.54) is 19.3 Å². The molecular formula is C10H17ClO2. The molecule has 1 unspecified atom stereocenters. The summed E-state index contributed by atoms with van der Waals surface area (Å²) in [6, 6.07) is 0. The first-order chi connectivity index (χ1) is 6.24. The third-order valence-electron chi connectivity index (χ3n) is 2.59. The van der Waals surface area contributed by atoms with Crippen molar-refractivity contribution in [3.63, 3.8) is 0 Å². The second-order valence-electron chi connectivity index (χ2n) is 3.55. The van der Waals surface area contributed by atoms with Crippen molar-refractivity contribution in [1.29, 1.82) is 0 Å². The van der Waals surface area contributed by atoms with E-state index in [0.29, 0.717) is 18.9 Å². The lowest BCUT2D eigenvalue weighted by molar-refractivity contribution is -0.143. The molecule has 0 saturated heterocycles. The lowest BCUT2D eigenvalue weighted by Gasteiger charge is -2.29. The summed E-state index contributed by atoms with van der Waals surface area (Å²) < 4.78 is 4.83. The molecule has 0 N–H and O–H groups in total. The van der Waals surface area contributed by atoms with Crippen LogP contribution in [0, 0.1) is 5.92 Å². The van der Waals surface area contributed by atoms with Gasteiger partial charge >= 0.3 is 5.97 Å². The van der Waals surface area contributed by atoms with Gasteiger partial charge in [-0.1, -0.05) is 6.42 Å². The molecule has 0 amide bonds. The number of hydrogen-bond donors (Lipinski definition) is 0. The molecule has 0 bridgehead atoms. The van der Waals surface area contributed by atoms with E-state index >= 15 is 0 Å². The van der Waals surface area contributed by atoms with Gasteiger partial charge in [0.2, 0.25) is 0 Å². The highest BCUT2D eigenvalue weighted by Gasteiger charge is 2.25. The van der Waals surface area contributed by atoms with Crippen molar-refractivity contribution in [2.75, 3.05) is 6.61 Å². The average Bonchev–Trinajstić information content (AvgIpc) is 1.98. The summed E-state index contributed by atoms with van der Waals surface area (Å²) in [6.45, 7) is 2.29. The molecule has 3 heteroatoms. The number of carbonyl (C=O) groups is 1. The van der Waals surface area contributed by atoms with E-state index < -0.39 is 0 Å². The summed E-state index contributed by atoms with van der Waals surface area (Å²) >= 11 is 6.12. The molecule has 13 heavy (non-hydrogen) atoms. The second-order valence-corrected chi connectivity index (χ2v) is 4.11. The van der Waals surface area contributed by atoms with Gasteiger partial charge in [-0.05, 0) is 32.1 Å². The third-order valence-corrected chi connectivity index (χ3v) is 3.17. The van der Waals surface area contributed by atoms with Gasteiger partial charge in [0.25, 0.3) is 0 Å². The maximum absolute atomic E-state index is 11.0. The standard InChI is InChI=1S/C10H17ClO2/c1-2-13-10(12)7-6-9(11)8-4-3-5-8/h8-9H,2-7H2,1H3. The van der Waals surface area contributed by atoms with Crippen molar-refractivity contribution in [2.45, 2.75) is 44.4 Å². The van der Waals surface area contributed by atoms with Gasteiger partial charge in [-0.25, -0.2) is 0 Å². The van der Waals surface area contributed by atoms with E-state index in [1.807, 2.05) is 6.92 Å². The smallest absolute Gasteiger partial charge is 0.305 e. The fourth-order valence-electron chi connectivity index (χ4n) is 1.53. The lowest BCUT2D eigenvalue weighted by Crippen LogP contribution is -2.23. The fraction of sp³-hybridized carbons (Fsp3) is 0.900. The number of ether oxygens (including phenoxy) is 1. The Morgan fingerprint density at radius 3 is 2.77 bits per heavy atom. The van der Waals surface area contributed by atoms with Crippen LogP contribution in [0.1, 0.15) is 39.0 Å². The SMILES string of the molecule is CCOC(=O)CCC(Cl)C1CCC1. The van der Waals surface area contributed by atoms with E-state index in [2.05, 4.69) is 0 Å². The Morgan fingerprint density at radius 1 is 1.62 bits per heavy atom. The predicted octanol–water partition coefficient (Wildman–Crippen LogP) is 2.74. The molecule has 1 rings (SSSR count). The Labute approximate surface area is 84.6 Å². The van der Waals surface area contributed by atoms with Crippen LogP contribution in [-0.4, -0.2) is 18.0 Å². The highest BCUT2D eigenvalue weighted by atomic mass is 35.5. The molecule has 0 aromatic rings. The minimum absolute atomic E-state index is 0.118. The summed E-state index contributed by atoms with van der Waals surface area (Å²) in [4.78, 5) is 11.0. The molecule has 2 nitrogen and oxygen atoms in total. The van der Waals surface area contributed by atoms with Crippen LogP contribution in [0.4, 0.5) is 0 Å². The van der Waals surface area contributed by atoms with E-state index in [0.717, 1.165) is 6.42 Å². The molecule has 0 aliphatic heterocycles. The Bertz CT molecular complexity index is 166. The zero-order valence-corrected chi connectivity index (χ0v) is 8.85. The molecular weight excluding hydrogens is 188 g/mol. The maximum Gasteiger partial charge on any atom is 0.305 e. The number of hydrogen-bond acceptors (Lipinski definition) is 2. The van der Waals surface area contributed by atoms with E-state index in [1.54, 1.807) is 0 Å². The number of esters is 1. The first-order valence-electron chi connectivity index (χ1n) is 5.03. The van der Waals surface area contributed by atoms with Crippen molar-refractivity contribution in [3.05, 3.63) is 0 Å². The molecule has 0 spiro atoms. The number of alkyl halides is 1. The van der Waals surface area contributed by atoms with E-state index in [9.17, 15) is 4.79 Å². The normalized spacial score (nSPS) is 19.2. The lowest BCUT2D eigenvalue weighted by atomic mass is 9.81. The highest BCUT2D eigenvalue weighted by Crippen LogP contribution is 2.34. The van der Waals surface area contributed by atoms with Gasteiger partial charge in [-0.15, -0.1) is 11.6 Å². The van der Waals surface area contributed by atoms with Crippen molar-refractivity contribution < 1.29 is 9.53 Å². The monoisotopic (exact) mass is 204 g/mol. The zero-order valence-electron chi connectivity index (χ0n) is 8.09. The van der Waals surface area contributed by atoms with E-state index in [4.69, 9.17) is 16.3 Å². The first kappa shape index (κ1) is 10.8. The number of carbonyl (C=O) groups excluding carboxylic acids is 1. The Kier molecular flexibility index (Phi) is 4.57. The zero-order chi connectivity index (χ0) is 9.68. The summed E-state index contributed by atoms with van der Waals surface area (Å²) in [5.74, 6) is 0.531. The van der Waals surface area contributed by atoms with Gasteiger partial charge in [0.1, 0.15) is 0 Å². The van der Waals surface area contributed by atoms with Crippen molar-refractivity contribution >= 4 is 17.6 Å². The van der Waals surface area contributed by atoms with Crippen LogP contribution in [0.3, 0.4) is 0 Å². The molecule has 1 aliphatic carbocycles. The van der Waals surface area contributed by atoms with Crippen LogP contribution >= 0.6 is 11.6 Å². The van der Waals surface area contributed by atoms with Crippen LogP contribution in [0.25, 0.3) is 0 Å². The van der Waals surface area contributed by atoms with Gasteiger partial charge in [0.05, 0.1) is 6.61 Å². The largest absolute Gasteiger partial charge is 0.466 e. The molecule has 1 fully saturated rings.